The monoisotopic (exact) mass is 212 g/mol. The van der Waals surface area contributed by atoms with E-state index in [9.17, 15) is 4.79 Å². The number of carbonyl (C=O) groups excluding carboxylic acids is 1. The molecule has 2 rings (SSSR count). The van der Waals surface area contributed by atoms with Crippen molar-refractivity contribution in [1.29, 1.82) is 0 Å². The third-order valence-corrected chi connectivity index (χ3v) is 1.76. The van der Waals surface area contributed by atoms with Gasteiger partial charge in [0.2, 0.25) is 0 Å². The topological polar surface area (TPSA) is 68.9 Å². The van der Waals surface area contributed by atoms with E-state index in [0.29, 0.717) is 16.6 Å². The van der Waals surface area contributed by atoms with Crippen molar-refractivity contribution in [2.45, 2.75) is 0 Å². The molecular weight excluding hydrogens is 205 g/mol. The quantitative estimate of drug-likeness (QED) is 0.693. The molecule has 2 aromatic rings. The second kappa shape index (κ2) is 4.95. The summed E-state index contributed by atoms with van der Waals surface area (Å²) in [6.45, 7) is 0. The molecule has 0 aliphatic heterocycles. The third kappa shape index (κ3) is 2.18. The standard InChI is InChI=1S/C9H7N3O.K/c10-9(13)6-2-1-3-7-8(6)12-5-4-11-7;/h1-5H,(H2,10,13);. The van der Waals surface area contributed by atoms with E-state index >= 15 is 0 Å². The Morgan fingerprint density at radius 3 is 2.64 bits per heavy atom. The van der Waals surface area contributed by atoms with Gasteiger partial charge < -0.3 is 5.73 Å². The van der Waals surface area contributed by atoms with Crippen LogP contribution in [0, 0.1) is 0 Å². The molecule has 65 valence electrons. The minimum atomic E-state index is -0.480. The summed E-state index contributed by atoms with van der Waals surface area (Å²) in [5.74, 6) is -0.480. The predicted octanol–water partition coefficient (Wildman–Crippen LogP) is 0.348. The molecule has 0 fully saturated rings. The number of amides is 1. The molecule has 0 saturated carbocycles. The maximum Gasteiger partial charge on any atom is 0.250 e. The summed E-state index contributed by atoms with van der Waals surface area (Å²) in [6.07, 6.45) is 3.11. The van der Waals surface area contributed by atoms with Gasteiger partial charge in [-0.05, 0) is 12.1 Å². The zero-order chi connectivity index (χ0) is 9.26. The predicted molar refractivity (Wildman–Crippen MR) is 53.8 cm³/mol. The second-order valence-corrected chi connectivity index (χ2v) is 2.59. The van der Waals surface area contributed by atoms with Crippen LogP contribution in [0.2, 0.25) is 0 Å². The van der Waals surface area contributed by atoms with Crippen molar-refractivity contribution in [3.05, 3.63) is 36.2 Å². The van der Waals surface area contributed by atoms with Gasteiger partial charge in [-0.15, -0.1) is 0 Å². The van der Waals surface area contributed by atoms with Gasteiger partial charge in [-0.2, -0.15) is 0 Å². The largest absolute Gasteiger partial charge is 0.366 e. The number of hydrogen-bond acceptors (Lipinski definition) is 3. The minimum absolute atomic E-state index is 0. The van der Waals surface area contributed by atoms with Crippen molar-refractivity contribution in [2.75, 3.05) is 0 Å². The van der Waals surface area contributed by atoms with Gasteiger partial charge in [-0.25, -0.2) is 0 Å². The Morgan fingerprint density at radius 2 is 1.93 bits per heavy atom. The van der Waals surface area contributed by atoms with Crippen molar-refractivity contribution in [2.24, 2.45) is 5.73 Å². The van der Waals surface area contributed by atoms with Gasteiger partial charge in [0.25, 0.3) is 5.91 Å². The van der Waals surface area contributed by atoms with Crippen LogP contribution in [0.5, 0.6) is 0 Å². The Labute approximate surface area is 123 Å². The summed E-state index contributed by atoms with van der Waals surface area (Å²) in [7, 11) is 0. The van der Waals surface area contributed by atoms with Gasteiger partial charge in [0.05, 0.1) is 11.1 Å². The molecule has 0 spiro atoms. The molecule has 0 saturated heterocycles. The van der Waals surface area contributed by atoms with Crippen LogP contribution in [0.25, 0.3) is 11.0 Å². The number of para-hydroxylation sites is 1. The van der Waals surface area contributed by atoms with Crippen molar-refractivity contribution < 1.29 is 4.79 Å². The Morgan fingerprint density at radius 1 is 1.21 bits per heavy atom. The van der Waals surface area contributed by atoms with Crippen LogP contribution in [0.4, 0.5) is 0 Å². The zero-order valence-corrected chi connectivity index (χ0v) is 10.9. The molecule has 0 bridgehead atoms. The number of carbonyl (C=O) groups is 1. The van der Waals surface area contributed by atoms with E-state index in [4.69, 9.17) is 5.73 Å². The van der Waals surface area contributed by atoms with E-state index in [-0.39, 0.29) is 51.4 Å². The van der Waals surface area contributed by atoms with Crippen molar-refractivity contribution in [1.82, 2.24) is 9.97 Å². The van der Waals surface area contributed by atoms with Crippen LogP contribution in [-0.2, 0) is 0 Å². The van der Waals surface area contributed by atoms with Crippen LogP contribution < -0.4 is 5.73 Å². The number of primary amides is 1. The molecule has 0 aliphatic carbocycles. The molecule has 1 radical (unpaired) electrons. The van der Waals surface area contributed by atoms with Gasteiger partial charge in [0, 0.05) is 63.8 Å². The molecule has 5 heteroatoms. The van der Waals surface area contributed by atoms with E-state index < -0.39 is 5.91 Å². The van der Waals surface area contributed by atoms with Crippen LogP contribution in [0.15, 0.2) is 30.6 Å². The van der Waals surface area contributed by atoms with E-state index in [1.807, 2.05) is 0 Å². The summed E-state index contributed by atoms with van der Waals surface area (Å²) in [5.41, 5.74) is 6.81. The molecule has 1 aromatic carbocycles. The van der Waals surface area contributed by atoms with Crippen molar-refractivity contribution in [3.63, 3.8) is 0 Å². The molecule has 14 heavy (non-hydrogen) atoms. The maximum atomic E-state index is 11.0. The fourth-order valence-corrected chi connectivity index (χ4v) is 1.19. The first-order valence-corrected chi connectivity index (χ1v) is 3.78. The molecule has 1 amide bonds. The Bertz CT molecular complexity index is 467. The SMILES string of the molecule is NC(=O)c1cccc2nccnc12.[K]. The van der Waals surface area contributed by atoms with Crippen LogP contribution >= 0.6 is 0 Å². The zero-order valence-electron chi connectivity index (χ0n) is 7.77. The molecule has 1 heterocycles. The van der Waals surface area contributed by atoms with Gasteiger partial charge in [0.15, 0.2) is 0 Å². The second-order valence-electron chi connectivity index (χ2n) is 2.59. The number of fused-ring (bicyclic) bond motifs is 1. The molecule has 0 unspecified atom stereocenters. The molecule has 4 nitrogen and oxygen atoms in total. The fraction of sp³-hybridized carbons (Fsp3) is 0. The fourth-order valence-electron chi connectivity index (χ4n) is 1.19. The number of aromatic nitrogens is 2. The number of hydrogen-bond donors (Lipinski definition) is 1. The minimum Gasteiger partial charge on any atom is -0.366 e. The molecule has 0 atom stereocenters. The van der Waals surface area contributed by atoms with Crippen molar-refractivity contribution >= 4 is 68.3 Å². The van der Waals surface area contributed by atoms with Crippen LogP contribution in [0.3, 0.4) is 0 Å². The third-order valence-electron chi connectivity index (χ3n) is 1.76. The Kier molecular flexibility index (Phi) is 4.15. The number of rotatable bonds is 1. The van der Waals surface area contributed by atoms with Crippen LogP contribution in [0.1, 0.15) is 10.4 Å². The molecule has 1 aromatic heterocycles. The summed E-state index contributed by atoms with van der Waals surface area (Å²) in [6, 6.07) is 5.16. The molecule has 0 aliphatic rings. The van der Waals surface area contributed by atoms with E-state index in [1.165, 1.54) is 6.20 Å². The molecule has 2 N–H and O–H groups in total. The van der Waals surface area contributed by atoms with E-state index in [1.54, 1.807) is 24.4 Å². The van der Waals surface area contributed by atoms with E-state index in [0.717, 1.165) is 0 Å². The number of nitrogens with zero attached hydrogens (tertiary/aromatic N) is 2. The van der Waals surface area contributed by atoms with Gasteiger partial charge in [-0.1, -0.05) is 6.07 Å². The van der Waals surface area contributed by atoms with Crippen LogP contribution in [-0.4, -0.2) is 67.3 Å². The number of benzene rings is 1. The smallest absolute Gasteiger partial charge is 0.250 e. The van der Waals surface area contributed by atoms with Gasteiger partial charge in [0.1, 0.15) is 5.52 Å². The van der Waals surface area contributed by atoms with Crippen molar-refractivity contribution in [3.8, 4) is 0 Å². The van der Waals surface area contributed by atoms with Gasteiger partial charge in [-0.3, -0.25) is 14.8 Å². The summed E-state index contributed by atoms with van der Waals surface area (Å²) < 4.78 is 0. The Hall–Kier alpha value is -0.334. The summed E-state index contributed by atoms with van der Waals surface area (Å²) in [5, 5.41) is 0. The first-order valence-electron chi connectivity index (χ1n) is 3.78. The Balaban J connectivity index is 0.000000980. The average molecular weight is 212 g/mol. The number of nitrogens with two attached hydrogens (primary N) is 1. The molecular formula is C9H7KN3O. The summed E-state index contributed by atoms with van der Waals surface area (Å²) >= 11 is 0. The van der Waals surface area contributed by atoms with Gasteiger partial charge >= 0.3 is 0 Å². The summed E-state index contributed by atoms with van der Waals surface area (Å²) in [4.78, 5) is 19.1. The first-order chi connectivity index (χ1) is 6.29. The van der Waals surface area contributed by atoms with E-state index in [2.05, 4.69) is 9.97 Å². The maximum absolute atomic E-state index is 11.0. The normalized spacial score (nSPS) is 9.43. The first kappa shape index (κ1) is 11.7. The average Bonchev–Trinajstić information content (AvgIpc) is 2.17.